The van der Waals surface area contributed by atoms with E-state index in [1.165, 1.54) is 21.5 Å². The standard InChI is InChI=1S/C46H31N5/c1-4-15-35(16-5-1)50-43-24-9-3-8-22-41(43)48-44(50)33-28-32(38-20-12-21-39-37-19-11-10-14-31(37)25-26-40(38)39)29-34(30-33)45-49-42-23-13-27-47-46(42)51(45)36-17-6-2-7-18-36/h1-23,25-30H,24H2. The van der Waals surface area contributed by atoms with Gasteiger partial charge in [-0.1, -0.05) is 109 Å². The van der Waals surface area contributed by atoms with Crippen LogP contribution < -0.4 is 0 Å². The lowest BCUT2D eigenvalue weighted by Gasteiger charge is -2.16. The fraction of sp³-hybridized carbons (Fsp3) is 0.0217. The molecule has 5 heteroatoms. The van der Waals surface area contributed by atoms with Gasteiger partial charge in [-0.05, 0) is 93.3 Å². The summed E-state index contributed by atoms with van der Waals surface area (Å²) < 4.78 is 4.48. The number of fused-ring (bicyclic) bond motifs is 5. The van der Waals surface area contributed by atoms with Crippen LogP contribution in [0.4, 0.5) is 0 Å². The summed E-state index contributed by atoms with van der Waals surface area (Å²) >= 11 is 0. The van der Waals surface area contributed by atoms with Gasteiger partial charge < -0.3 is 0 Å². The Morgan fingerprint density at radius 2 is 1.22 bits per heavy atom. The van der Waals surface area contributed by atoms with Gasteiger partial charge in [-0.25, -0.2) is 15.0 Å². The van der Waals surface area contributed by atoms with Crippen molar-refractivity contribution >= 4 is 38.8 Å². The maximum Gasteiger partial charge on any atom is 0.164 e. The fourth-order valence-electron chi connectivity index (χ4n) is 7.52. The average molecular weight is 654 g/mol. The summed E-state index contributed by atoms with van der Waals surface area (Å²) in [6, 6.07) is 51.4. The van der Waals surface area contributed by atoms with Crippen molar-refractivity contribution in [3.05, 3.63) is 181 Å². The van der Waals surface area contributed by atoms with Crippen LogP contribution in [-0.2, 0) is 6.42 Å². The van der Waals surface area contributed by atoms with Gasteiger partial charge in [-0.2, -0.15) is 0 Å². The van der Waals surface area contributed by atoms with Gasteiger partial charge in [0.15, 0.2) is 5.65 Å². The zero-order valence-corrected chi connectivity index (χ0v) is 27.7. The van der Waals surface area contributed by atoms with Crippen molar-refractivity contribution in [1.82, 2.24) is 24.1 Å². The summed E-state index contributed by atoms with van der Waals surface area (Å²) in [5.74, 6) is 1.71. The van der Waals surface area contributed by atoms with E-state index >= 15 is 0 Å². The number of imidazole rings is 2. The number of aromatic nitrogens is 5. The Morgan fingerprint density at radius 1 is 0.510 bits per heavy atom. The Bertz CT molecular complexity index is 2820. The van der Waals surface area contributed by atoms with E-state index in [9.17, 15) is 0 Å². The average Bonchev–Trinajstić information content (AvgIpc) is 3.68. The number of hydrogen-bond acceptors (Lipinski definition) is 3. The van der Waals surface area contributed by atoms with Gasteiger partial charge >= 0.3 is 0 Å². The number of para-hydroxylation sites is 2. The predicted octanol–water partition coefficient (Wildman–Crippen LogP) is 11.0. The molecule has 0 aliphatic heterocycles. The summed E-state index contributed by atoms with van der Waals surface area (Å²) in [7, 11) is 0. The molecular formula is C46H31N5. The Hall–Kier alpha value is -6.85. The molecule has 0 saturated carbocycles. The molecule has 10 rings (SSSR count). The van der Waals surface area contributed by atoms with Crippen LogP contribution in [0.2, 0.25) is 0 Å². The van der Waals surface area contributed by atoms with Crippen LogP contribution in [0.25, 0.3) is 84.1 Å². The number of allylic oxidation sites excluding steroid dienone is 3. The molecule has 5 nitrogen and oxygen atoms in total. The first-order chi connectivity index (χ1) is 25.3. The Kier molecular flexibility index (Phi) is 6.81. The zero-order chi connectivity index (χ0) is 33.7. The van der Waals surface area contributed by atoms with Gasteiger partial charge in [0.05, 0.1) is 11.4 Å². The predicted molar refractivity (Wildman–Crippen MR) is 209 cm³/mol. The molecule has 0 N–H and O–H groups in total. The molecule has 0 bridgehead atoms. The van der Waals surface area contributed by atoms with Crippen molar-refractivity contribution in [2.45, 2.75) is 6.42 Å². The fourth-order valence-corrected chi connectivity index (χ4v) is 7.52. The van der Waals surface area contributed by atoms with E-state index in [4.69, 9.17) is 15.0 Å². The molecule has 0 amide bonds. The Morgan fingerprint density at radius 3 is 2.04 bits per heavy atom. The summed E-state index contributed by atoms with van der Waals surface area (Å²) in [5, 5.41) is 4.91. The minimum absolute atomic E-state index is 0.780. The van der Waals surface area contributed by atoms with E-state index in [0.717, 1.165) is 74.2 Å². The second kappa shape index (κ2) is 11.9. The molecule has 0 atom stereocenters. The topological polar surface area (TPSA) is 48.5 Å². The summed E-state index contributed by atoms with van der Waals surface area (Å²) in [6.07, 6.45) is 11.1. The minimum Gasteiger partial charge on any atom is -0.296 e. The molecule has 0 spiro atoms. The SMILES string of the molecule is C1=CCc2c(nc(-c3cc(-c4cccc5c4ccc4ccccc45)cc(-c4nc5cccnc5n4-c4ccccc4)c3)n2-c2ccccc2)C=C1. The number of benzene rings is 6. The van der Waals surface area contributed by atoms with E-state index in [-0.39, 0.29) is 0 Å². The number of pyridine rings is 1. The highest BCUT2D eigenvalue weighted by Crippen LogP contribution is 2.40. The molecule has 0 unspecified atom stereocenters. The highest BCUT2D eigenvalue weighted by molar-refractivity contribution is 6.12. The van der Waals surface area contributed by atoms with Gasteiger partial charge in [-0.15, -0.1) is 0 Å². The van der Waals surface area contributed by atoms with Gasteiger partial charge in [0.2, 0.25) is 0 Å². The van der Waals surface area contributed by atoms with Gasteiger partial charge in [-0.3, -0.25) is 9.13 Å². The third-order valence-corrected chi connectivity index (χ3v) is 9.81. The lowest BCUT2D eigenvalue weighted by atomic mass is 9.92. The van der Waals surface area contributed by atoms with Crippen LogP contribution in [0.15, 0.2) is 170 Å². The smallest absolute Gasteiger partial charge is 0.164 e. The van der Waals surface area contributed by atoms with Crippen molar-refractivity contribution < 1.29 is 0 Å². The zero-order valence-electron chi connectivity index (χ0n) is 27.7. The first-order valence-corrected chi connectivity index (χ1v) is 17.3. The third-order valence-electron chi connectivity index (χ3n) is 9.81. The summed E-state index contributed by atoms with van der Waals surface area (Å²) in [6.45, 7) is 0. The maximum absolute atomic E-state index is 5.35. The highest BCUT2D eigenvalue weighted by Gasteiger charge is 2.22. The van der Waals surface area contributed by atoms with Crippen LogP contribution in [0.3, 0.4) is 0 Å². The Labute approximate surface area is 295 Å². The van der Waals surface area contributed by atoms with Gasteiger partial charge in [0.25, 0.3) is 0 Å². The normalized spacial score (nSPS) is 12.5. The first-order valence-electron chi connectivity index (χ1n) is 17.3. The van der Waals surface area contributed by atoms with Crippen molar-refractivity contribution in [3.63, 3.8) is 0 Å². The summed E-state index contributed by atoms with van der Waals surface area (Å²) in [4.78, 5) is 15.4. The molecule has 3 heterocycles. The van der Waals surface area contributed by atoms with E-state index in [0.29, 0.717) is 0 Å². The van der Waals surface area contributed by atoms with Crippen molar-refractivity contribution in [3.8, 4) is 45.3 Å². The minimum atomic E-state index is 0.780. The van der Waals surface area contributed by atoms with Crippen LogP contribution in [0, 0.1) is 0 Å². The lowest BCUT2D eigenvalue weighted by molar-refractivity contribution is 0.975. The molecule has 1 aliphatic rings. The van der Waals surface area contributed by atoms with E-state index in [1.807, 2.05) is 24.4 Å². The molecular weight excluding hydrogens is 623 g/mol. The van der Waals surface area contributed by atoms with E-state index < -0.39 is 0 Å². The lowest BCUT2D eigenvalue weighted by Crippen LogP contribution is -2.03. The number of rotatable bonds is 5. The monoisotopic (exact) mass is 653 g/mol. The number of nitrogens with zero attached hydrogens (tertiary/aromatic N) is 5. The third kappa shape index (κ3) is 4.90. The van der Waals surface area contributed by atoms with Crippen LogP contribution in [0.5, 0.6) is 0 Å². The quantitative estimate of drug-likeness (QED) is 0.174. The second-order valence-electron chi connectivity index (χ2n) is 12.9. The Balaban J connectivity index is 1.29. The molecule has 0 saturated heterocycles. The van der Waals surface area contributed by atoms with Crippen molar-refractivity contribution in [1.29, 1.82) is 0 Å². The molecule has 0 radical (unpaired) electrons. The van der Waals surface area contributed by atoms with E-state index in [1.54, 1.807) is 0 Å². The summed E-state index contributed by atoms with van der Waals surface area (Å²) in [5.41, 5.74) is 10.1. The molecule has 3 aromatic heterocycles. The van der Waals surface area contributed by atoms with Crippen molar-refractivity contribution in [2.24, 2.45) is 0 Å². The second-order valence-corrected chi connectivity index (χ2v) is 12.9. The van der Waals surface area contributed by atoms with Gasteiger partial charge in [0, 0.05) is 35.1 Å². The van der Waals surface area contributed by atoms with Crippen LogP contribution in [-0.4, -0.2) is 24.1 Å². The molecule has 240 valence electrons. The van der Waals surface area contributed by atoms with Crippen LogP contribution >= 0.6 is 0 Å². The molecule has 9 aromatic rings. The maximum atomic E-state index is 5.35. The highest BCUT2D eigenvalue weighted by atomic mass is 15.1. The molecule has 1 aliphatic carbocycles. The number of hydrogen-bond donors (Lipinski definition) is 0. The van der Waals surface area contributed by atoms with E-state index in [2.05, 4.69) is 161 Å². The van der Waals surface area contributed by atoms with Crippen LogP contribution in [0.1, 0.15) is 11.4 Å². The molecule has 0 fully saturated rings. The molecule has 51 heavy (non-hydrogen) atoms. The largest absolute Gasteiger partial charge is 0.296 e. The van der Waals surface area contributed by atoms with Crippen molar-refractivity contribution in [2.75, 3.05) is 0 Å². The molecule has 6 aromatic carbocycles. The van der Waals surface area contributed by atoms with Gasteiger partial charge in [0.1, 0.15) is 17.2 Å². The first kappa shape index (κ1) is 29.1.